The van der Waals surface area contributed by atoms with Crippen molar-refractivity contribution in [1.29, 1.82) is 0 Å². The first-order chi connectivity index (χ1) is 33.2. The molecule has 0 amide bonds. The molecule has 3 unspecified atom stereocenters. The van der Waals surface area contributed by atoms with Crippen molar-refractivity contribution in [2.24, 2.45) is 0 Å². The first-order valence-corrected chi connectivity index (χ1v) is 29.0. The minimum absolute atomic E-state index is 0.143. The number of allylic oxidation sites excluding steroid dienone is 8. The number of aliphatic hydroxyl groups excluding tert-OH is 1. The highest BCUT2D eigenvalue weighted by Gasteiger charge is 2.28. The SMILES string of the molecule is CC/C=C\C/C=C\C/C=C\CCCCCC(=O)OC(CO)COP(=O)(O)OCC(COC(=O)CCCCCCC/C=C\CCCCCC)OC(=O)CCCCCCCCCCCCCCCCC. The molecule has 0 saturated heterocycles. The molecule has 0 aliphatic rings. The zero-order valence-electron chi connectivity index (χ0n) is 43.6. The Hall–Kier alpha value is -2.56. The van der Waals surface area contributed by atoms with Gasteiger partial charge in [-0.2, -0.15) is 0 Å². The first-order valence-electron chi connectivity index (χ1n) is 27.5. The molecule has 0 aromatic heterocycles. The van der Waals surface area contributed by atoms with E-state index in [-0.39, 0.29) is 25.9 Å². The van der Waals surface area contributed by atoms with Gasteiger partial charge in [0.1, 0.15) is 12.7 Å². The van der Waals surface area contributed by atoms with Crippen LogP contribution in [0.3, 0.4) is 0 Å². The molecule has 12 heteroatoms. The topological polar surface area (TPSA) is 155 Å². The Bertz CT molecular complexity index is 1330. The monoisotopic (exact) mass is 981 g/mol. The zero-order chi connectivity index (χ0) is 49.9. The average molecular weight is 981 g/mol. The van der Waals surface area contributed by atoms with Crippen molar-refractivity contribution in [3.8, 4) is 0 Å². The second kappa shape index (κ2) is 50.8. The number of aliphatic hydroxyl groups is 1. The highest BCUT2D eigenvalue weighted by molar-refractivity contribution is 7.47. The molecule has 396 valence electrons. The van der Waals surface area contributed by atoms with Gasteiger partial charge < -0.3 is 24.2 Å². The molecule has 2 N–H and O–H groups in total. The summed E-state index contributed by atoms with van der Waals surface area (Å²) < 4.78 is 39.4. The van der Waals surface area contributed by atoms with Crippen molar-refractivity contribution in [2.75, 3.05) is 26.4 Å². The summed E-state index contributed by atoms with van der Waals surface area (Å²) in [6.45, 7) is 4.49. The van der Waals surface area contributed by atoms with Crippen LogP contribution in [0.25, 0.3) is 0 Å². The lowest BCUT2D eigenvalue weighted by Crippen LogP contribution is -2.30. The van der Waals surface area contributed by atoms with Crippen LogP contribution in [0, 0.1) is 0 Å². The van der Waals surface area contributed by atoms with Crippen molar-refractivity contribution in [3.63, 3.8) is 0 Å². The Kier molecular flexibility index (Phi) is 48.9. The lowest BCUT2D eigenvalue weighted by atomic mass is 10.0. The minimum Gasteiger partial charge on any atom is -0.462 e. The van der Waals surface area contributed by atoms with Crippen LogP contribution in [0.2, 0.25) is 0 Å². The smallest absolute Gasteiger partial charge is 0.462 e. The van der Waals surface area contributed by atoms with E-state index in [0.717, 1.165) is 96.3 Å². The summed E-state index contributed by atoms with van der Waals surface area (Å²) >= 11 is 0. The lowest BCUT2D eigenvalue weighted by Gasteiger charge is -2.21. The number of ether oxygens (including phenoxy) is 3. The van der Waals surface area contributed by atoms with Crippen LogP contribution in [-0.4, -0.2) is 66.5 Å². The number of unbranched alkanes of at least 4 members (excludes halogenated alkanes) is 26. The molecule has 0 heterocycles. The van der Waals surface area contributed by atoms with E-state index in [1.54, 1.807) is 0 Å². The van der Waals surface area contributed by atoms with Gasteiger partial charge in [-0.1, -0.05) is 204 Å². The number of esters is 3. The largest absolute Gasteiger partial charge is 0.472 e. The summed E-state index contributed by atoms with van der Waals surface area (Å²) in [7, 11) is -4.75. The van der Waals surface area contributed by atoms with Gasteiger partial charge in [0.25, 0.3) is 0 Å². The van der Waals surface area contributed by atoms with Gasteiger partial charge in [-0.05, 0) is 77.0 Å². The molecule has 0 spiro atoms. The second-order valence-electron chi connectivity index (χ2n) is 18.4. The lowest BCUT2D eigenvalue weighted by molar-refractivity contribution is -0.161. The molecule has 0 aromatic carbocycles. The second-order valence-corrected chi connectivity index (χ2v) is 19.8. The van der Waals surface area contributed by atoms with Crippen LogP contribution >= 0.6 is 7.82 Å². The van der Waals surface area contributed by atoms with Crippen LogP contribution in [0.15, 0.2) is 48.6 Å². The van der Waals surface area contributed by atoms with Crippen LogP contribution in [-0.2, 0) is 42.2 Å². The third-order valence-electron chi connectivity index (χ3n) is 11.7. The van der Waals surface area contributed by atoms with Gasteiger partial charge >= 0.3 is 25.7 Å². The van der Waals surface area contributed by atoms with E-state index in [9.17, 15) is 28.9 Å². The minimum atomic E-state index is -4.75. The molecule has 0 rings (SSSR count). The van der Waals surface area contributed by atoms with E-state index in [2.05, 4.69) is 69.4 Å². The summed E-state index contributed by atoms with van der Waals surface area (Å²) in [4.78, 5) is 48.4. The van der Waals surface area contributed by atoms with Gasteiger partial charge in [-0.25, -0.2) is 4.57 Å². The molecular formula is C56H101O11P. The molecular weight excluding hydrogens is 880 g/mol. The molecule has 11 nitrogen and oxygen atoms in total. The van der Waals surface area contributed by atoms with Crippen molar-refractivity contribution in [3.05, 3.63) is 48.6 Å². The molecule has 0 saturated carbocycles. The molecule has 0 aliphatic heterocycles. The van der Waals surface area contributed by atoms with Gasteiger partial charge in [0, 0.05) is 19.3 Å². The summed E-state index contributed by atoms with van der Waals surface area (Å²) in [5.41, 5.74) is 0. The van der Waals surface area contributed by atoms with Gasteiger partial charge in [-0.15, -0.1) is 0 Å². The standard InChI is InChI=1S/C56H101O11P/c1-4-7-10-13-16-19-22-25-26-29-32-35-38-41-44-47-56(60)67-53(49-63-54(58)45-42-39-36-33-30-27-23-20-17-14-11-8-5-2)51-65-68(61,62)64-50-52(48-57)66-55(59)46-43-40-37-34-31-28-24-21-18-15-12-9-6-3/h9,12,18,20-21,23,28,31,52-53,57H,4-8,10-11,13-17,19,22,24-27,29-30,32-51H2,1-3H3,(H,61,62)/b12-9-,21-18-,23-20-,31-28-. The van der Waals surface area contributed by atoms with Gasteiger partial charge in [0.15, 0.2) is 6.10 Å². The number of hydrogen-bond acceptors (Lipinski definition) is 10. The fourth-order valence-electron chi connectivity index (χ4n) is 7.54. The first kappa shape index (κ1) is 65.4. The Morgan fingerprint density at radius 1 is 0.426 bits per heavy atom. The molecule has 0 aliphatic carbocycles. The van der Waals surface area contributed by atoms with Crippen LogP contribution < -0.4 is 0 Å². The normalized spacial score (nSPS) is 13.8. The number of carbonyl (C=O) groups excluding carboxylic acids is 3. The summed E-state index contributed by atoms with van der Waals surface area (Å²) in [6, 6.07) is 0. The van der Waals surface area contributed by atoms with E-state index >= 15 is 0 Å². The maximum absolute atomic E-state index is 12.9. The van der Waals surface area contributed by atoms with Crippen molar-refractivity contribution in [2.45, 2.75) is 264 Å². The third-order valence-corrected chi connectivity index (χ3v) is 12.7. The summed E-state index contributed by atoms with van der Waals surface area (Å²) in [6.07, 6.45) is 52.2. The highest BCUT2D eigenvalue weighted by Crippen LogP contribution is 2.43. The quantitative estimate of drug-likeness (QED) is 0.0197. The van der Waals surface area contributed by atoms with E-state index < -0.39 is 57.8 Å². The van der Waals surface area contributed by atoms with Gasteiger partial charge in [0.2, 0.25) is 0 Å². The fraction of sp³-hybridized carbons (Fsp3) is 0.804. The number of phosphoric ester groups is 1. The number of hydrogen-bond donors (Lipinski definition) is 2. The van der Waals surface area contributed by atoms with Crippen LogP contribution in [0.5, 0.6) is 0 Å². The number of carbonyl (C=O) groups is 3. The molecule has 68 heavy (non-hydrogen) atoms. The summed E-state index contributed by atoms with van der Waals surface area (Å²) in [5.74, 6) is -1.49. The fourth-order valence-corrected chi connectivity index (χ4v) is 8.33. The van der Waals surface area contributed by atoms with Crippen LogP contribution in [0.4, 0.5) is 0 Å². The van der Waals surface area contributed by atoms with Crippen molar-refractivity contribution >= 4 is 25.7 Å². The maximum atomic E-state index is 12.9. The van der Waals surface area contributed by atoms with Gasteiger partial charge in [0.05, 0.1) is 19.8 Å². The highest BCUT2D eigenvalue weighted by atomic mass is 31.2. The number of rotatable bonds is 51. The van der Waals surface area contributed by atoms with Crippen LogP contribution in [0.1, 0.15) is 252 Å². The molecule has 0 bridgehead atoms. The predicted molar refractivity (Wildman–Crippen MR) is 279 cm³/mol. The zero-order valence-corrected chi connectivity index (χ0v) is 44.5. The molecule has 0 aromatic rings. The van der Waals surface area contributed by atoms with E-state index in [4.69, 9.17) is 23.3 Å². The molecule has 0 radical (unpaired) electrons. The Morgan fingerprint density at radius 2 is 0.765 bits per heavy atom. The summed E-state index contributed by atoms with van der Waals surface area (Å²) in [5, 5.41) is 9.78. The molecule has 3 atom stereocenters. The number of phosphoric acid groups is 1. The Labute approximate surface area is 415 Å². The van der Waals surface area contributed by atoms with Crippen molar-refractivity contribution < 1.29 is 52.2 Å². The van der Waals surface area contributed by atoms with E-state index in [1.165, 1.54) is 96.3 Å². The van der Waals surface area contributed by atoms with E-state index in [0.29, 0.717) is 19.3 Å². The average Bonchev–Trinajstić information content (AvgIpc) is 3.32. The van der Waals surface area contributed by atoms with Crippen molar-refractivity contribution in [1.82, 2.24) is 0 Å². The predicted octanol–water partition coefficient (Wildman–Crippen LogP) is 15.8. The Balaban J connectivity index is 4.74. The molecule has 0 fully saturated rings. The third kappa shape index (κ3) is 48.5. The van der Waals surface area contributed by atoms with E-state index in [1.807, 2.05) is 0 Å². The Morgan fingerprint density at radius 3 is 1.22 bits per heavy atom. The van der Waals surface area contributed by atoms with Gasteiger partial charge in [-0.3, -0.25) is 23.4 Å². The maximum Gasteiger partial charge on any atom is 0.472 e.